The van der Waals surface area contributed by atoms with E-state index in [1.165, 1.54) is 0 Å². The summed E-state index contributed by atoms with van der Waals surface area (Å²) in [4.78, 5) is 0. The van der Waals surface area contributed by atoms with Crippen LogP contribution in [-0.2, 0) is 6.54 Å². The fourth-order valence-electron chi connectivity index (χ4n) is 1.72. The zero-order valence-electron chi connectivity index (χ0n) is 9.81. The Balaban J connectivity index is 2.85. The molecule has 0 heterocycles. The molecule has 0 amide bonds. The van der Waals surface area contributed by atoms with Gasteiger partial charge in [-0.3, -0.25) is 0 Å². The van der Waals surface area contributed by atoms with Crippen LogP contribution in [0, 0.1) is 13.8 Å². The molecular weight excluding hydrogens is 212 g/mol. The van der Waals surface area contributed by atoms with Gasteiger partial charge < -0.3 is 10.1 Å². The fourth-order valence-corrected chi connectivity index (χ4v) is 1.72. The van der Waals surface area contributed by atoms with Gasteiger partial charge in [0, 0.05) is 6.54 Å². The number of benzene rings is 1. The van der Waals surface area contributed by atoms with Crippen LogP contribution in [0.15, 0.2) is 12.1 Å². The van der Waals surface area contributed by atoms with E-state index in [-0.39, 0.29) is 0 Å². The average molecular weight is 229 g/mol. The lowest BCUT2D eigenvalue weighted by Crippen LogP contribution is -2.10. The molecule has 1 rings (SSSR count). The lowest BCUT2D eigenvalue weighted by atomic mass is 10.1. The number of hydrogen-bond acceptors (Lipinski definition) is 2. The van der Waals surface area contributed by atoms with Crippen molar-refractivity contribution in [3.8, 4) is 5.75 Å². The highest BCUT2D eigenvalue weighted by atomic mass is 19.3. The van der Waals surface area contributed by atoms with Gasteiger partial charge in [0.25, 0.3) is 6.43 Å². The highest BCUT2D eigenvalue weighted by Gasteiger charge is 2.09. The van der Waals surface area contributed by atoms with E-state index in [0.717, 1.165) is 23.2 Å². The maximum atomic E-state index is 12.0. The molecule has 90 valence electrons. The average Bonchev–Trinajstić information content (AvgIpc) is 2.16. The highest BCUT2D eigenvalue weighted by molar-refractivity contribution is 5.43. The van der Waals surface area contributed by atoms with Gasteiger partial charge in [0.15, 0.2) is 0 Å². The molecule has 0 saturated heterocycles. The summed E-state index contributed by atoms with van der Waals surface area (Å²) in [5.74, 6) is 0.570. The molecule has 1 aromatic rings. The zero-order chi connectivity index (χ0) is 12.1. The van der Waals surface area contributed by atoms with E-state index in [1.54, 1.807) is 0 Å². The van der Waals surface area contributed by atoms with Gasteiger partial charge in [-0.1, -0.05) is 12.1 Å². The predicted molar refractivity (Wildman–Crippen MR) is 60.2 cm³/mol. The van der Waals surface area contributed by atoms with Gasteiger partial charge in [0.05, 0.1) is 0 Å². The van der Waals surface area contributed by atoms with E-state index in [2.05, 4.69) is 5.32 Å². The Morgan fingerprint density at radius 1 is 1.25 bits per heavy atom. The second kappa shape index (κ2) is 5.80. The molecule has 0 bridgehead atoms. The number of aryl methyl sites for hydroxylation is 2. The normalized spacial score (nSPS) is 10.9. The van der Waals surface area contributed by atoms with Gasteiger partial charge in [0.2, 0.25) is 0 Å². The molecular formula is C12H17F2NO. The lowest BCUT2D eigenvalue weighted by Gasteiger charge is -2.13. The van der Waals surface area contributed by atoms with E-state index in [0.29, 0.717) is 5.75 Å². The number of ether oxygens (including phenoxy) is 1. The fraction of sp³-hybridized carbons (Fsp3) is 0.500. The molecule has 1 aromatic carbocycles. The molecule has 0 atom stereocenters. The van der Waals surface area contributed by atoms with Crippen molar-refractivity contribution >= 4 is 0 Å². The quantitative estimate of drug-likeness (QED) is 0.838. The molecule has 0 spiro atoms. The maximum absolute atomic E-state index is 12.0. The van der Waals surface area contributed by atoms with Crippen LogP contribution in [0.4, 0.5) is 8.78 Å². The predicted octanol–water partition coefficient (Wildman–Crippen LogP) is 2.67. The summed E-state index contributed by atoms with van der Waals surface area (Å²) >= 11 is 0. The minimum Gasteiger partial charge on any atom is -0.487 e. The van der Waals surface area contributed by atoms with Gasteiger partial charge in [-0.2, -0.15) is 0 Å². The van der Waals surface area contributed by atoms with Crippen molar-refractivity contribution in [1.29, 1.82) is 0 Å². The van der Waals surface area contributed by atoms with Crippen LogP contribution in [0.1, 0.15) is 16.7 Å². The Kier molecular flexibility index (Phi) is 4.68. The number of rotatable bonds is 5. The maximum Gasteiger partial charge on any atom is 0.272 e. The highest BCUT2D eigenvalue weighted by Crippen LogP contribution is 2.25. The van der Waals surface area contributed by atoms with Crippen molar-refractivity contribution in [2.45, 2.75) is 26.8 Å². The van der Waals surface area contributed by atoms with Crippen LogP contribution in [0.5, 0.6) is 5.75 Å². The summed E-state index contributed by atoms with van der Waals surface area (Å²) in [5, 5.41) is 3.05. The minimum absolute atomic E-state index is 0.549. The van der Waals surface area contributed by atoms with Gasteiger partial charge >= 0.3 is 0 Å². The van der Waals surface area contributed by atoms with Crippen LogP contribution in [0.25, 0.3) is 0 Å². The van der Waals surface area contributed by atoms with Crippen LogP contribution in [0.2, 0.25) is 0 Å². The Morgan fingerprint density at radius 2 is 1.81 bits per heavy atom. The third-order valence-corrected chi connectivity index (χ3v) is 2.25. The Hall–Kier alpha value is -1.16. The van der Waals surface area contributed by atoms with E-state index in [4.69, 9.17) is 4.74 Å². The summed E-state index contributed by atoms with van der Waals surface area (Å²) in [7, 11) is 1.87. The van der Waals surface area contributed by atoms with Gasteiger partial charge in [-0.25, -0.2) is 8.78 Å². The van der Waals surface area contributed by atoms with E-state index in [1.807, 2.05) is 33.0 Å². The standard InChI is InChI=1S/C12H17F2NO/c1-8-4-10(6-15-3)5-9(2)12(8)16-7-11(13)14/h4-5,11,15H,6-7H2,1-3H3. The molecule has 0 unspecified atom stereocenters. The van der Waals surface area contributed by atoms with Gasteiger partial charge in [0.1, 0.15) is 12.4 Å². The SMILES string of the molecule is CNCc1cc(C)c(OCC(F)F)c(C)c1. The monoisotopic (exact) mass is 229 g/mol. The molecule has 0 aliphatic carbocycles. The summed E-state index contributed by atoms with van der Waals surface area (Å²) in [6, 6.07) is 3.90. The van der Waals surface area contributed by atoms with Crippen molar-refractivity contribution in [3.05, 3.63) is 28.8 Å². The van der Waals surface area contributed by atoms with Crippen molar-refractivity contribution < 1.29 is 13.5 Å². The first-order valence-corrected chi connectivity index (χ1v) is 5.20. The minimum atomic E-state index is -2.43. The Bertz CT molecular complexity index is 330. The first-order valence-electron chi connectivity index (χ1n) is 5.20. The van der Waals surface area contributed by atoms with Crippen LogP contribution in [0.3, 0.4) is 0 Å². The summed E-state index contributed by atoms with van der Waals surface area (Å²) < 4.78 is 29.2. The van der Waals surface area contributed by atoms with E-state index < -0.39 is 13.0 Å². The number of hydrogen-bond donors (Lipinski definition) is 1. The smallest absolute Gasteiger partial charge is 0.272 e. The van der Waals surface area contributed by atoms with Crippen LogP contribution < -0.4 is 10.1 Å². The van der Waals surface area contributed by atoms with Gasteiger partial charge in [-0.15, -0.1) is 0 Å². The molecule has 16 heavy (non-hydrogen) atoms. The van der Waals surface area contributed by atoms with Crippen molar-refractivity contribution in [2.24, 2.45) is 0 Å². The summed E-state index contributed by atoms with van der Waals surface area (Å²) in [6.45, 7) is 3.95. The molecule has 0 saturated carbocycles. The zero-order valence-corrected chi connectivity index (χ0v) is 9.81. The van der Waals surface area contributed by atoms with Crippen molar-refractivity contribution in [2.75, 3.05) is 13.7 Å². The van der Waals surface area contributed by atoms with Crippen LogP contribution >= 0.6 is 0 Å². The molecule has 4 heteroatoms. The molecule has 1 N–H and O–H groups in total. The Morgan fingerprint density at radius 3 is 2.25 bits per heavy atom. The largest absolute Gasteiger partial charge is 0.487 e. The third-order valence-electron chi connectivity index (χ3n) is 2.25. The number of alkyl halides is 2. The molecule has 0 aliphatic heterocycles. The van der Waals surface area contributed by atoms with Crippen LogP contribution in [-0.4, -0.2) is 20.1 Å². The lowest BCUT2D eigenvalue weighted by molar-refractivity contribution is 0.0812. The second-order valence-electron chi connectivity index (χ2n) is 3.79. The molecule has 2 nitrogen and oxygen atoms in total. The second-order valence-corrected chi connectivity index (χ2v) is 3.79. The topological polar surface area (TPSA) is 21.3 Å². The number of halogens is 2. The first kappa shape index (κ1) is 12.9. The van der Waals surface area contributed by atoms with Crippen molar-refractivity contribution in [3.63, 3.8) is 0 Å². The summed E-state index contributed by atoms with van der Waals surface area (Å²) in [5.41, 5.74) is 2.92. The van der Waals surface area contributed by atoms with E-state index >= 15 is 0 Å². The summed E-state index contributed by atoms with van der Waals surface area (Å²) in [6.07, 6.45) is -2.43. The van der Waals surface area contributed by atoms with E-state index in [9.17, 15) is 8.78 Å². The Labute approximate surface area is 94.6 Å². The number of nitrogens with one attached hydrogen (secondary N) is 1. The molecule has 0 fully saturated rings. The molecule has 0 radical (unpaired) electrons. The molecule has 0 aliphatic rings. The molecule has 0 aromatic heterocycles. The first-order chi connectivity index (χ1) is 7.54. The third kappa shape index (κ3) is 3.45. The van der Waals surface area contributed by atoms with Crippen molar-refractivity contribution in [1.82, 2.24) is 5.32 Å². The van der Waals surface area contributed by atoms with Gasteiger partial charge in [-0.05, 0) is 37.6 Å².